The van der Waals surface area contributed by atoms with Crippen LogP contribution in [-0.4, -0.2) is 18.0 Å². The van der Waals surface area contributed by atoms with Crippen molar-refractivity contribution in [3.63, 3.8) is 0 Å². The first-order valence-corrected chi connectivity index (χ1v) is 6.80. The van der Waals surface area contributed by atoms with E-state index in [4.69, 9.17) is 0 Å². The second-order valence-corrected chi connectivity index (χ2v) is 5.55. The monoisotopic (exact) mass is 271 g/mol. The molecule has 1 saturated heterocycles. The Morgan fingerprint density at radius 3 is 2.32 bits per heavy atom. The molecule has 0 atom stereocenters. The molecule has 0 bridgehead atoms. The first-order chi connectivity index (χ1) is 8.88. The largest absolute Gasteiger partial charge is 0.416 e. The molecule has 0 saturated carbocycles. The van der Waals surface area contributed by atoms with Crippen LogP contribution in [0.3, 0.4) is 0 Å². The Morgan fingerprint density at radius 1 is 1.16 bits per heavy atom. The Hall–Kier alpha value is -1.03. The minimum atomic E-state index is -4.26. The third-order valence-corrected chi connectivity index (χ3v) is 3.70. The highest BCUT2D eigenvalue weighted by Gasteiger charge is 2.34. The molecule has 0 spiro atoms. The maximum atomic E-state index is 13.1. The van der Waals surface area contributed by atoms with E-state index in [9.17, 15) is 13.2 Å². The molecular weight excluding hydrogens is 251 g/mol. The molecule has 0 unspecified atom stereocenters. The lowest BCUT2D eigenvalue weighted by atomic mass is 9.96. The highest BCUT2D eigenvalue weighted by atomic mass is 19.4. The van der Waals surface area contributed by atoms with Crippen LogP contribution in [-0.2, 0) is 12.7 Å². The number of hydrogen-bond donors (Lipinski definition) is 0. The van der Waals surface area contributed by atoms with Gasteiger partial charge in [-0.3, -0.25) is 4.90 Å². The average Bonchev–Trinajstić information content (AvgIpc) is 2.80. The fourth-order valence-corrected chi connectivity index (χ4v) is 2.54. The number of hydrogen-bond acceptors (Lipinski definition) is 1. The predicted octanol–water partition coefficient (Wildman–Crippen LogP) is 4.42. The van der Waals surface area contributed by atoms with Gasteiger partial charge in [0.25, 0.3) is 0 Å². The number of alkyl halides is 3. The van der Waals surface area contributed by atoms with Gasteiger partial charge in [0.15, 0.2) is 0 Å². The van der Waals surface area contributed by atoms with Crippen molar-refractivity contribution in [2.24, 2.45) is 0 Å². The summed E-state index contributed by atoms with van der Waals surface area (Å²) in [6.07, 6.45) is -2.09. The molecule has 0 radical (unpaired) electrons. The Labute approximate surface area is 112 Å². The van der Waals surface area contributed by atoms with Gasteiger partial charge in [-0.1, -0.05) is 26.0 Å². The summed E-state index contributed by atoms with van der Waals surface area (Å²) in [5.74, 6) is 0.113. The second-order valence-electron chi connectivity index (χ2n) is 5.55. The van der Waals surface area contributed by atoms with E-state index in [1.54, 1.807) is 6.07 Å². The van der Waals surface area contributed by atoms with Crippen LogP contribution in [0.25, 0.3) is 0 Å². The lowest BCUT2D eigenvalue weighted by molar-refractivity contribution is -0.138. The molecule has 2 rings (SSSR count). The van der Waals surface area contributed by atoms with E-state index in [1.807, 2.05) is 19.9 Å². The predicted molar refractivity (Wildman–Crippen MR) is 70.0 cm³/mol. The van der Waals surface area contributed by atoms with E-state index in [1.165, 1.54) is 6.07 Å². The summed E-state index contributed by atoms with van der Waals surface area (Å²) in [5.41, 5.74) is 0.682. The molecular formula is C15H20F3N. The fourth-order valence-electron chi connectivity index (χ4n) is 2.54. The fraction of sp³-hybridized carbons (Fsp3) is 0.600. The topological polar surface area (TPSA) is 3.24 Å². The van der Waals surface area contributed by atoms with E-state index in [-0.39, 0.29) is 5.92 Å². The third-order valence-electron chi connectivity index (χ3n) is 3.70. The quantitative estimate of drug-likeness (QED) is 0.786. The number of nitrogens with zero attached hydrogens (tertiary/aromatic N) is 1. The number of rotatable bonds is 3. The Balaban J connectivity index is 2.30. The zero-order valence-corrected chi connectivity index (χ0v) is 11.4. The van der Waals surface area contributed by atoms with Crippen LogP contribution < -0.4 is 0 Å². The summed E-state index contributed by atoms with van der Waals surface area (Å²) in [6.45, 7) is 6.05. The van der Waals surface area contributed by atoms with Crippen LogP contribution >= 0.6 is 0 Å². The Bertz CT molecular complexity index is 432. The van der Waals surface area contributed by atoms with E-state index in [0.29, 0.717) is 12.1 Å². The Kier molecular flexibility index (Phi) is 4.19. The van der Waals surface area contributed by atoms with Crippen molar-refractivity contribution in [3.8, 4) is 0 Å². The lowest BCUT2D eigenvalue weighted by Crippen LogP contribution is -2.21. The Morgan fingerprint density at radius 2 is 1.79 bits per heavy atom. The molecule has 1 aromatic rings. The van der Waals surface area contributed by atoms with Crippen molar-refractivity contribution in [1.29, 1.82) is 0 Å². The van der Waals surface area contributed by atoms with Crippen molar-refractivity contribution < 1.29 is 13.2 Å². The molecule has 19 heavy (non-hydrogen) atoms. The van der Waals surface area contributed by atoms with Gasteiger partial charge >= 0.3 is 6.18 Å². The molecule has 1 aliphatic rings. The van der Waals surface area contributed by atoms with E-state index >= 15 is 0 Å². The number of benzene rings is 1. The summed E-state index contributed by atoms with van der Waals surface area (Å²) in [6, 6.07) is 4.79. The van der Waals surface area contributed by atoms with Crippen molar-refractivity contribution in [1.82, 2.24) is 4.90 Å². The molecule has 1 fully saturated rings. The van der Waals surface area contributed by atoms with Crippen LogP contribution in [0.15, 0.2) is 18.2 Å². The summed E-state index contributed by atoms with van der Waals surface area (Å²) in [4.78, 5) is 2.10. The zero-order chi connectivity index (χ0) is 14.0. The first kappa shape index (κ1) is 14.4. The SMILES string of the molecule is CC(C)c1ccc(CN2CCCC2)c(C(F)(F)F)c1. The standard InChI is InChI=1S/C15H20F3N/c1-11(2)12-5-6-13(10-19-7-3-4-8-19)14(9-12)15(16,17)18/h5-6,9,11H,3-4,7-8,10H2,1-2H3. The average molecular weight is 271 g/mol. The van der Waals surface area contributed by atoms with Gasteiger partial charge in [0, 0.05) is 6.54 Å². The molecule has 0 aliphatic carbocycles. The van der Waals surface area contributed by atoms with Gasteiger partial charge in [-0.25, -0.2) is 0 Å². The van der Waals surface area contributed by atoms with Gasteiger partial charge in [-0.15, -0.1) is 0 Å². The minimum Gasteiger partial charge on any atom is -0.299 e. The van der Waals surface area contributed by atoms with E-state index < -0.39 is 11.7 Å². The van der Waals surface area contributed by atoms with Gasteiger partial charge < -0.3 is 0 Å². The molecule has 4 heteroatoms. The zero-order valence-electron chi connectivity index (χ0n) is 11.4. The molecule has 1 nitrogen and oxygen atoms in total. The highest BCUT2D eigenvalue weighted by molar-refractivity contribution is 5.35. The summed E-state index contributed by atoms with van der Waals surface area (Å²) in [7, 11) is 0. The molecule has 0 aromatic heterocycles. The van der Waals surface area contributed by atoms with Gasteiger partial charge in [-0.2, -0.15) is 13.2 Å². The van der Waals surface area contributed by atoms with Crippen molar-refractivity contribution >= 4 is 0 Å². The van der Waals surface area contributed by atoms with Crippen LogP contribution in [0, 0.1) is 0 Å². The lowest BCUT2D eigenvalue weighted by Gasteiger charge is -2.20. The van der Waals surface area contributed by atoms with Crippen LogP contribution in [0.4, 0.5) is 13.2 Å². The van der Waals surface area contributed by atoms with Crippen molar-refractivity contribution in [2.75, 3.05) is 13.1 Å². The molecule has 0 N–H and O–H groups in total. The van der Waals surface area contributed by atoms with Crippen LogP contribution in [0.1, 0.15) is 49.3 Å². The molecule has 1 aromatic carbocycles. The smallest absolute Gasteiger partial charge is 0.299 e. The maximum Gasteiger partial charge on any atom is 0.416 e. The van der Waals surface area contributed by atoms with E-state index in [2.05, 4.69) is 4.90 Å². The minimum absolute atomic E-state index is 0.113. The number of halogens is 3. The van der Waals surface area contributed by atoms with Gasteiger partial charge in [0.05, 0.1) is 5.56 Å². The molecule has 1 aliphatic heterocycles. The third kappa shape index (κ3) is 3.50. The van der Waals surface area contributed by atoms with Crippen molar-refractivity contribution in [3.05, 3.63) is 34.9 Å². The summed E-state index contributed by atoms with van der Waals surface area (Å²) in [5, 5.41) is 0. The second kappa shape index (κ2) is 5.53. The van der Waals surface area contributed by atoms with Crippen LogP contribution in [0.2, 0.25) is 0 Å². The summed E-state index contributed by atoms with van der Waals surface area (Å²) < 4.78 is 39.4. The number of likely N-dealkylation sites (tertiary alicyclic amines) is 1. The highest BCUT2D eigenvalue weighted by Crippen LogP contribution is 2.35. The molecule has 0 amide bonds. The molecule has 1 heterocycles. The first-order valence-electron chi connectivity index (χ1n) is 6.80. The summed E-state index contributed by atoms with van der Waals surface area (Å²) >= 11 is 0. The normalized spacial score (nSPS) is 17.4. The maximum absolute atomic E-state index is 13.1. The van der Waals surface area contributed by atoms with Gasteiger partial charge in [-0.05, 0) is 49.0 Å². The van der Waals surface area contributed by atoms with E-state index in [0.717, 1.165) is 31.5 Å². The van der Waals surface area contributed by atoms with Gasteiger partial charge in [0.2, 0.25) is 0 Å². The van der Waals surface area contributed by atoms with Crippen molar-refractivity contribution in [2.45, 2.75) is 45.3 Å². The van der Waals surface area contributed by atoms with Gasteiger partial charge in [0.1, 0.15) is 0 Å². The van der Waals surface area contributed by atoms with Crippen LogP contribution in [0.5, 0.6) is 0 Å². The molecule has 106 valence electrons.